The summed E-state index contributed by atoms with van der Waals surface area (Å²) >= 11 is 7.48. The maximum Gasteiger partial charge on any atom is 0.433 e. The second-order valence-corrected chi connectivity index (χ2v) is 12.8. The predicted octanol–water partition coefficient (Wildman–Crippen LogP) is 5.44. The lowest BCUT2D eigenvalue weighted by Gasteiger charge is -2.26. The topological polar surface area (TPSA) is 129 Å². The highest BCUT2D eigenvalue weighted by Gasteiger charge is 2.24. The molecule has 3 heterocycles. The molecule has 11 nitrogen and oxygen atoms in total. The molecule has 2 amide bonds. The second-order valence-electron chi connectivity index (χ2n) is 11.3. The zero-order valence-electron chi connectivity index (χ0n) is 24.3. The van der Waals surface area contributed by atoms with Crippen LogP contribution in [0.15, 0.2) is 48.5 Å². The van der Waals surface area contributed by atoms with E-state index in [1.54, 1.807) is 19.2 Å². The highest BCUT2D eigenvalue weighted by atomic mass is 35.5. The molecule has 3 N–H and O–H groups in total. The molecule has 13 heteroatoms. The largest absolute Gasteiger partial charge is 0.463 e. The molecule has 2 aromatic carbocycles. The molecule has 0 bridgehead atoms. The second kappa shape index (κ2) is 12.3. The number of aromatic nitrogens is 2. The Morgan fingerprint density at radius 2 is 1.84 bits per heavy atom. The average Bonchev–Trinajstić information content (AvgIpc) is 3.54. The van der Waals surface area contributed by atoms with Crippen molar-refractivity contribution in [1.29, 1.82) is 0 Å². The zero-order valence-corrected chi connectivity index (χ0v) is 25.9. The van der Waals surface area contributed by atoms with Gasteiger partial charge in [-0.05, 0) is 46.9 Å². The summed E-state index contributed by atoms with van der Waals surface area (Å²) in [4.78, 5) is 41.1. The van der Waals surface area contributed by atoms with Crippen molar-refractivity contribution >= 4 is 62.6 Å². The van der Waals surface area contributed by atoms with Crippen molar-refractivity contribution < 1.29 is 24.2 Å². The third-order valence-corrected chi connectivity index (χ3v) is 8.55. The fraction of sp³-hybridized carbons (Fsp3) is 0.333. The van der Waals surface area contributed by atoms with Crippen LogP contribution in [-0.4, -0.2) is 71.0 Å². The molecule has 2 aromatic heterocycles. The Balaban J connectivity index is 1.34. The van der Waals surface area contributed by atoms with Crippen molar-refractivity contribution in [3.63, 3.8) is 0 Å². The van der Waals surface area contributed by atoms with Crippen LogP contribution in [0, 0.1) is 0 Å². The molecule has 0 spiro atoms. The number of benzene rings is 2. The molecule has 5 rings (SSSR count). The minimum Gasteiger partial charge on any atom is -0.463 e. The number of fused-ring (bicyclic) bond motifs is 1. The predicted molar refractivity (Wildman–Crippen MR) is 168 cm³/mol. The van der Waals surface area contributed by atoms with E-state index in [1.807, 2.05) is 30.3 Å². The van der Waals surface area contributed by atoms with Gasteiger partial charge in [0.2, 0.25) is 0 Å². The molecule has 0 atom stereocenters. The lowest BCUT2D eigenvalue weighted by atomic mass is 9.87. The maximum atomic E-state index is 13.2. The van der Waals surface area contributed by atoms with Crippen LogP contribution in [-0.2, 0) is 16.7 Å². The first kappa shape index (κ1) is 30.5. The number of nitrogens with one attached hydrogen (secondary N) is 2. The molecular weight excluding hydrogens is 592 g/mol. The Morgan fingerprint density at radius 1 is 1.09 bits per heavy atom. The molecule has 43 heavy (non-hydrogen) atoms. The summed E-state index contributed by atoms with van der Waals surface area (Å²) < 4.78 is 6.16. The smallest absolute Gasteiger partial charge is 0.433 e. The number of thiophene rings is 1. The van der Waals surface area contributed by atoms with Crippen molar-refractivity contribution in [3.05, 3.63) is 75.1 Å². The number of rotatable bonds is 7. The van der Waals surface area contributed by atoms with Gasteiger partial charge in [-0.3, -0.25) is 24.9 Å². The van der Waals surface area contributed by atoms with Gasteiger partial charge >= 0.3 is 6.09 Å². The molecule has 0 unspecified atom stereocenters. The van der Waals surface area contributed by atoms with Gasteiger partial charge < -0.3 is 15.2 Å². The molecule has 1 aliphatic rings. The van der Waals surface area contributed by atoms with Crippen molar-refractivity contribution in [2.45, 2.75) is 32.7 Å². The van der Waals surface area contributed by atoms with E-state index in [9.17, 15) is 19.5 Å². The summed E-state index contributed by atoms with van der Waals surface area (Å²) in [5, 5.41) is 18.9. The lowest BCUT2D eigenvalue weighted by molar-refractivity contribution is 0.0342. The van der Waals surface area contributed by atoms with E-state index in [2.05, 4.69) is 41.5 Å². The van der Waals surface area contributed by atoms with Crippen LogP contribution in [0.4, 0.5) is 16.3 Å². The Labute approximate surface area is 257 Å². The number of anilines is 2. The van der Waals surface area contributed by atoms with Gasteiger partial charge in [0.25, 0.3) is 11.8 Å². The van der Waals surface area contributed by atoms with Gasteiger partial charge in [-0.25, -0.2) is 4.79 Å². The molecule has 1 saturated heterocycles. The highest BCUT2D eigenvalue weighted by Crippen LogP contribution is 2.33. The molecule has 1 fully saturated rings. The van der Waals surface area contributed by atoms with Gasteiger partial charge in [-0.2, -0.15) is 4.68 Å². The van der Waals surface area contributed by atoms with Crippen molar-refractivity contribution in [3.8, 4) is 0 Å². The van der Waals surface area contributed by atoms with Crippen molar-refractivity contribution in [2.75, 3.05) is 43.7 Å². The minimum atomic E-state index is -1.34. The van der Waals surface area contributed by atoms with E-state index in [0.29, 0.717) is 41.4 Å². The number of hydrazine groups is 1. The summed E-state index contributed by atoms with van der Waals surface area (Å²) in [5.41, 5.74) is 5.74. The number of amides is 2. The van der Waals surface area contributed by atoms with Crippen LogP contribution in [0.5, 0.6) is 0 Å². The number of hydrogen-bond donors (Lipinski definition) is 3. The average molecular weight is 625 g/mol. The minimum absolute atomic E-state index is 0.0467. The number of halogens is 1. The first-order chi connectivity index (χ1) is 20.4. The summed E-state index contributed by atoms with van der Waals surface area (Å²) in [6.07, 6.45) is -1.34. The van der Waals surface area contributed by atoms with Crippen LogP contribution < -0.4 is 15.8 Å². The number of carbonyl (C=O) groups excluding carboxylic acids is 2. The van der Waals surface area contributed by atoms with Crippen LogP contribution in [0.25, 0.3) is 10.2 Å². The molecule has 0 saturated carbocycles. The third-order valence-electron chi connectivity index (χ3n) is 7.14. The molecule has 0 radical (unpaired) electrons. The fourth-order valence-electron chi connectivity index (χ4n) is 4.76. The Bertz CT molecular complexity index is 1690. The van der Waals surface area contributed by atoms with Crippen LogP contribution in [0.2, 0.25) is 5.02 Å². The van der Waals surface area contributed by atoms with Crippen LogP contribution in [0.3, 0.4) is 0 Å². The van der Waals surface area contributed by atoms with E-state index < -0.39 is 17.9 Å². The maximum absolute atomic E-state index is 13.2. The molecule has 1 aliphatic heterocycles. The fourth-order valence-corrected chi connectivity index (χ4v) is 6.06. The molecular formula is C30H33ClN6O5S. The number of carboxylic acid groups (broad SMARTS) is 1. The van der Waals surface area contributed by atoms with E-state index in [4.69, 9.17) is 16.3 Å². The Morgan fingerprint density at radius 3 is 2.51 bits per heavy atom. The van der Waals surface area contributed by atoms with Gasteiger partial charge in [0.1, 0.15) is 4.83 Å². The standard InChI is InChI=1S/C30H33ClN6O5S/c1-30(2,3)20-8-9-23(22(31)15-20)35(4)34-27(39)24-16-21-25(33-37(29(40)41)28(21)43-24)32-26(38)19-7-5-6-18(14-19)17-36-10-12-42-13-11-36/h5-9,14-16H,10-13,17H2,1-4H3,(H,34,39)(H,40,41)(H,32,33,38). The summed E-state index contributed by atoms with van der Waals surface area (Å²) in [6, 6.07) is 14.4. The van der Waals surface area contributed by atoms with Gasteiger partial charge in [-0.1, -0.05) is 50.6 Å². The van der Waals surface area contributed by atoms with E-state index in [1.165, 1.54) is 11.1 Å². The molecule has 226 valence electrons. The van der Waals surface area contributed by atoms with Gasteiger partial charge in [0.15, 0.2) is 5.82 Å². The normalized spacial score (nSPS) is 14.1. The van der Waals surface area contributed by atoms with Gasteiger partial charge in [0, 0.05) is 32.2 Å². The highest BCUT2D eigenvalue weighted by molar-refractivity contribution is 7.20. The van der Waals surface area contributed by atoms with Crippen molar-refractivity contribution in [2.24, 2.45) is 0 Å². The lowest BCUT2D eigenvalue weighted by Crippen LogP contribution is -2.39. The van der Waals surface area contributed by atoms with Crippen LogP contribution in [0.1, 0.15) is 51.9 Å². The van der Waals surface area contributed by atoms with Crippen molar-refractivity contribution in [1.82, 2.24) is 20.1 Å². The third kappa shape index (κ3) is 6.83. The number of nitrogens with zero attached hydrogens (tertiary/aromatic N) is 4. The molecule has 4 aromatic rings. The SMILES string of the molecule is CN(NC(=O)c1cc2c(NC(=O)c3cccc(CN4CCOCC4)c3)nn(C(=O)O)c2s1)c1ccc(C(C)(C)C)cc1Cl. The van der Waals surface area contributed by atoms with E-state index in [-0.39, 0.29) is 20.9 Å². The summed E-state index contributed by atoms with van der Waals surface area (Å²) in [7, 11) is 1.67. The zero-order chi connectivity index (χ0) is 30.9. The van der Waals surface area contributed by atoms with Crippen LogP contribution >= 0.6 is 22.9 Å². The summed E-state index contributed by atoms with van der Waals surface area (Å²) in [6.45, 7) is 9.95. The molecule has 0 aliphatic carbocycles. The number of hydrogen-bond acceptors (Lipinski definition) is 8. The van der Waals surface area contributed by atoms with Gasteiger partial charge in [0.05, 0.1) is 34.2 Å². The monoisotopic (exact) mass is 624 g/mol. The number of morpholine rings is 1. The number of carbonyl (C=O) groups is 3. The first-order valence-electron chi connectivity index (χ1n) is 13.7. The quantitative estimate of drug-likeness (QED) is 0.232. The Kier molecular flexibility index (Phi) is 8.74. The summed E-state index contributed by atoms with van der Waals surface area (Å²) in [5.74, 6) is -0.860. The van der Waals surface area contributed by atoms with E-state index >= 15 is 0 Å². The number of ether oxygens (including phenoxy) is 1. The van der Waals surface area contributed by atoms with E-state index in [0.717, 1.165) is 40.2 Å². The first-order valence-corrected chi connectivity index (χ1v) is 14.9. The Hall–Kier alpha value is -3.97. The van der Waals surface area contributed by atoms with Gasteiger partial charge in [-0.15, -0.1) is 16.4 Å².